The molecule has 1 heterocycles. The highest BCUT2D eigenvalue weighted by Gasteiger charge is 2.35. The van der Waals surface area contributed by atoms with Crippen LogP contribution in [0.5, 0.6) is 5.75 Å². The molecular weight excluding hydrogens is 438 g/mol. The Hall–Kier alpha value is -3.51. The van der Waals surface area contributed by atoms with Gasteiger partial charge in [0.05, 0.1) is 11.6 Å². The molecule has 4 rings (SSSR count). The van der Waals surface area contributed by atoms with Crippen molar-refractivity contribution in [1.82, 2.24) is 5.43 Å². The van der Waals surface area contributed by atoms with Crippen LogP contribution in [-0.4, -0.2) is 18.4 Å². The van der Waals surface area contributed by atoms with E-state index in [2.05, 4.69) is 10.9 Å². The maximum absolute atomic E-state index is 12.7. The van der Waals surface area contributed by atoms with Gasteiger partial charge in [0.25, 0.3) is 0 Å². The number of anilines is 2. The third-order valence-electron chi connectivity index (χ3n) is 5.81. The van der Waals surface area contributed by atoms with Crippen LogP contribution in [0.25, 0.3) is 0 Å². The first-order valence-electron chi connectivity index (χ1n) is 10.8. The molecule has 2 N–H and O–H groups in total. The number of benzene rings is 3. The molecule has 0 unspecified atom stereocenters. The lowest BCUT2D eigenvalue weighted by Crippen LogP contribution is -2.36. The van der Waals surface area contributed by atoms with Crippen LogP contribution in [0, 0.1) is 19.8 Å². The summed E-state index contributed by atoms with van der Waals surface area (Å²) in [6, 6.07) is 20.7. The lowest BCUT2D eigenvalue weighted by molar-refractivity contribution is -0.125. The minimum atomic E-state index is -0.425. The van der Waals surface area contributed by atoms with Gasteiger partial charge in [-0.25, -0.2) is 0 Å². The standard InChI is InChI=1S/C26H26ClN3O3/c1-17-10-11-22(12-18(17)2)30-15-20(13-25(30)31)26(32)29-28-21-7-5-8-23(14-21)33-16-19-6-3-4-9-24(19)27/h3-12,14,20,28H,13,15-16H2,1-2H3,(H,29,32)/t20-/m0/s1. The van der Waals surface area contributed by atoms with Gasteiger partial charge in [-0.05, 0) is 55.3 Å². The van der Waals surface area contributed by atoms with Crippen molar-refractivity contribution in [2.45, 2.75) is 26.9 Å². The van der Waals surface area contributed by atoms with Crippen molar-refractivity contribution in [2.24, 2.45) is 5.92 Å². The largest absolute Gasteiger partial charge is 0.489 e. The van der Waals surface area contributed by atoms with Gasteiger partial charge in [-0.15, -0.1) is 0 Å². The SMILES string of the molecule is Cc1ccc(N2C[C@@H](C(=O)NNc3cccc(OCc4ccccc4Cl)c3)CC2=O)cc1C. The predicted molar refractivity (Wildman–Crippen MR) is 130 cm³/mol. The molecule has 3 aromatic rings. The zero-order chi connectivity index (χ0) is 23.4. The molecule has 3 aromatic carbocycles. The molecule has 170 valence electrons. The van der Waals surface area contributed by atoms with Gasteiger partial charge in [-0.1, -0.05) is 41.9 Å². The first-order valence-corrected chi connectivity index (χ1v) is 11.2. The molecule has 33 heavy (non-hydrogen) atoms. The predicted octanol–water partition coefficient (Wildman–Crippen LogP) is 5.03. The number of hydrogen-bond donors (Lipinski definition) is 2. The summed E-state index contributed by atoms with van der Waals surface area (Å²) in [5.74, 6) is -0.0529. The summed E-state index contributed by atoms with van der Waals surface area (Å²) < 4.78 is 5.83. The summed E-state index contributed by atoms with van der Waals surface area (Å²) >= 11 is 6.18. The Labute approximate surface area is 198 Å². The van der Waals surface area contributed by atoms with E-state index in [-0.39, 0.29) is 18.2 Å². The maximum Gasteiger partial charge on any atom is 0.243 e. The van der Waals surface area contributed by atoms with Crippen LogP contribution in [0.2, 0.25) is 5.02 Å². The molecule has 2 amide bonds. The van der Waals surface area contributed by atoms with E-state index in [9.17, 15) is 9.59 Å². The minimum Gasteiger partial charge on any atom is -0.489 e. The van der Waals surface area contributed by atoms with Gasteiger partial charge >= 0.3 is 0 Å². The summed E-state index contributed by atoms with van der Waals surface area (Å²) in [5.41, 5.74) is 10.3. The maximum atomic E-state index is 12.7. The van der Waals surface area contributed by atoms with Crippen molar-refractivity contribution >= 4 is 34.8 Å². The van der Waals surface area contributed by atoms with Crippen molar-refractivity contribution in [2.75, 3.05) is 16.9 Å². The zero-order valence-corrected chi connectivity index (χ0v) is 19.4. The highest BCUT2D eigenvalue weighted by Crippen LogP contribution is 2.27. The Morgan fingerprint density at radius 1 is 1.06 bits per heavy atom. The molecular formula is C26H26ClN3O3. The first kappa shape index (κ1) is 22.7. The molecule has 1 atom stereocenters. The number of amides is 2. The molecule has 1 aliphatic heterocycles. The normalized spacial score (nSPS) is 15.4. The van der Waals surface area contributed by atoms with Crippen molar-refractivity contribution in [3.05, 3.63) is 88.4 Å². The highest BCUT2D eigenvalue weighted by atomic mass is 35.5. The molecule has 1 fully saturated rings. The monoisotopic (exact) mass is 463 g/mol. The molecule has 0 aromatic heterocycles. The molecule has 0 spiro atoms. The molecule has 0 radical (unpaired) electrons. The van der Waals surface area contributed by atoms with E-state index in [0.717, 1.165) is 16.8 Å². The average molecular weight is 464 g/mol. The lowest BCUT2D eigenvalue weighted by atomic mass is 10.1. The molecule has 1 aliphatic rings. The number of ether oxygens (including phenoxy) is 1. The fourth-order valence-electron chi connectivity index (χ4n) is 3.70. The third-order valence-corrected chi connectivity index (χ3v) is 6.18. The van der Waals surface area contributed by atoms with Gasteiger partial charge < -0.3 is 9.64 Å². The fourth-order valence-corrected chi connectivity index (χ4v) is 3.89. The number of rotatable bonds is 7. The third kappa shape index (κ3) is 5.46. The molecule has 0 saturated carbocycles. The second kappa shape index (κ2) is 9.96. The Balaban J connectivity index is 1.32. The summed E-state index contributed by atoms with van der Waals surface area (Å²) in [5, 5.41) is 0.653. The quantitative estimate of drug-likeness (QED) is 0.482. The van der Waals surface area contributed by atoms with Gasteiger partial charge in [0.15, 0.2) is 0 Å². The number of carbonyl (C=O) groups excluding carboxylic acids is 2. The number of hydrogen-bond acceptors (Lipinski definition) is 4. The van der Waals surface area contributed by atoms with Crippen molar-refractivity contribution in [3.63, 3.8) is 0 Å². The number of aryl methyl sites for hydroxylation is 2. The summed E-state index contributed by atoms with van der Waals surface area (Å²) in [6.07, 6.45) is 0.182. The van der Waals surface area contributed by atoms with E-state index in [1.54, 1.807) is 11.0 Å². The second-order valence-corrected chi connectivity index (χ2v) is 8.60. The summed E-state index contributed by atoms with van der Waals surface area (Å²) in [7, 11) is 0. The van der Waals surface area contributed by atoms with Crippen LogP contribution in [-0.2, 0) is 16.2 Å². The van der Waals surface area contributed by atoms with Crippen LogP contribution < -0.4 is 20.5 Å². The fraction of sp³-hybridized carbons (Fsp3) is 0.231. The van der Waals surface area contributed by atoms with E-state index in [0.29, 0.717) is 29.6 Å². The Morgan fingerprint density at radius 2 is 1.88 bits per heavy atom. The van der Waals surface area contributed by atoms with Gasteiger partial charge in [-0.2, -0.15) is 0 Å². The number of halogens is 1. The highest BCUT2D eigenvalue weighted by molar-refractivity contribution is 6.31. The molecule has 7 heteroatoms. The number of nitrogens with one attached hydrogen (secondary N) is 2. The van der Waals surface area contributed by atoms with Crippen molar-refractivity contribution in [3.8, 4) is 5.75 Å². The van der Waals surface area contributed by atoms with E-state index in [1.165, 1.54) is 5.56 Å². The summed E-state index contributed by atoms with van der Waals surface area (Å²) in [4.78, 5) is 26.9. The average Bonchev–Trinajstić information content (AvgIpc) is 3.21. The van der Waals surface area contributed by atoms with E-state index < -0.39 is 5.92 Å². The minimum absolute atomic E-state index is 0.0478. The second-order valence-electron chi connectivity index (χ2n) is 8.20. The van der Waals surface area contributed by atoms with Crippen LogP contribution >= 0.6 is 11.6 Å². The van der Waals surface area contributed by atoms with Crippen LogP contribution in [0.1, 0.15) is 23.1 Å². The number of hydrazine groups is 1. The van der Waals surface area contributed by atoms with Crippen LogP contribution in [0.15, 0.2) is 66.7 Å². The van der Waals surface area contributed by atoms with Crippen LogP contribution in [0.4, 0.5) is 11.4 Å². The van der Waals surface area contributed by atoms with Gasteiger partial charge in [0.1, 0.15) is 12.4 Å². The van der Waals surface area contributed by atoms with E-state index >= 15 is 0 Å². The number of nitrogens with zero attached hydrogens (tertiary/aromatic N) is 1. The van der Waals surface area contributed by atoms with Gasteiger partial charge in [-0.3, -0.25) is 20.4 Å². The Morgan fingerprint density at radius 3 is 2.67 bits per heavy atom. The molecule has 0 bridgehead atoms. The van der Waals surface area contributed by atoms with E-state index in [1.807, 2.05) is 74.5 Å². The lowest BCUT2D eigenvalue weighted by Gasteiger charge is -2.18. The molecule has 6 nitrogen and oxygen atoms in total. The zero-order valence-electron chi connectivity index (χ0n) is 18.6. The van der Waals surface area contributed by atoms with Gasteiger partial charge in [0.2, 0.25) is 11.8 Å². The van der Waals surface area contributed by atoms with Crippen LogP contribution in [0.3, 0.4) is 0 Å². The topological polar surface area (TPSA) is 70.7 Å². The number of carbonyl (C=O) groups is 2. The summed E-state index contributed by atoms with van der Waals surface area (Å²) in [6.45, 7) is 4.74. The van der Waals surface area contributed by atoms with Crippen molar-refractivity contribution in [1.29, 1.82) is 0 Å². The Bertz CT molecular complexity index is 1180. The molecule has 1 saturated heterocycles. The van der Waals surface area contributed by atoms with Gasteiger partial charge in [0, 0.05) is 35.3 Å². The molecule has 0 aliphatic carbocycles. The Kier molecular flexibility index (Phi) is 6.84. The first-order chi connectivity index (χ1) is 15.9. The van der Waals surface area contributed by atoms with Crippen molar-refractivity contribution < 1.29 is 14.3 Å². The van der Waals surface area contributed by atoms with E-state index in [4.69, 9.17) is 16.3 Å². The smallest absolute Gasteiger partial charge is 0.243 e.